The van der Waals surface area contributed by atoms with Gasteiger partial charge in [-0.05, 0) is 6.08 Å². The Morgan fingerprint density at radius 1 is 1.67 bits per heavy atom. The Morgan fingerprint density at radius 3 is 3.00 bits per heavy atom. The van der Waals surface area contributed by atoms with Crippen LogP contribution in [0, 0.1) is 0 Å². The van der Waals surface area contributed by atoms with Crippen LogP contribution in [0.2, 0.25) is 0 Å². The molecule has 1 rings (SSSR count). The lowest BCUT2D eigenvalue weighted by Gasteiger charge is -2.25. The third kappa shape index (κ3) is 1.99. The molecular weight excluding hydrogens is 154 g/mol. The molecular formula is C9H11NO2. The number of hydrogen-bond acceptors (Lipinski definition) is 2. The van der Waals surface area contributed by atoms with Crippen LogP contribution in [0.25, 0.3) is 0 Å². The summed E-state index contributed by atoms with van der Waals surface area (Å²) in [5.74, 6) is -0.832. The number of nitrogens with zero attached hydrogens (tertiary/aromatic N) is 1. The third-order valence-corrected chi connectivity index (χ3v) is 1.64. The number of carboxylic acid groups (broad SMARTS) is 1. The second-order valence-corrected chi connectivity index (χ2v) is 2.52. The van der Waals surface area contributed by atoms with Crippen LogP contribution in [-0.4, -0.2) is 28.6 Å². The van der Waals surface area contributed by atoms with Gasteiger partial charge in [0.2, 0.25) is 0 Å². The van der Waals surface area contributed by atoms with Gasteiger partial charge in [-0.25, -0.2) is 0 Å². The van der Waals surface area contributed by atoms with Crippen molar-refractivity contribution in [1.82, 2.24) is 4.90 Å². The fraction of sp³-hybridized carbons (Fsp3) is 0.222. The van der Waals surface area contributed by atoms with E-state index in [-0.39, 0.29) is 12.6 Å². The first-order chi connectivity index (χ1) is 5.74. The van der Waals surface area contributed by atoms with Crippen molar-refractivity contribution < 1.29 is 9.90 Å². The van der Waals surface area contributed by atoms with Crippen LogP contribution in [0.1, 0.15) is 0 Å². The van der Waals surface area contributed by atoms with E-state index in [0.717, 1.165) is 0 Å². The lowest BCUT2D eigenvalue weighted by Crippen LogP contribution is -2.33. The van der Waals surface area contributed by atoms with Gasteiger partial charge in [-0.2, -0.15) is 0 Å². The molecule has 0 saturated heterocycles. The van der Waals surface area contributed by atoms with Crippen molar-refractivity contribution >= 4 is 5.97 Å². The number of hydrogen-bond donors (Lipinski definition) is 1. The van der Waals surface area contributed by atoms with E-state index in [1.54, 1.807) is 17.2 Å². The SMILES string of the molecule is C=CC1C=CC=CN1CC(=O)O. The number of carboxylic acids is 1. The summed E-state index contributed by atoms with van der Waals surface area (Å²) < 4.78 is 0. The molecule has 64 valence electrons. The van der Waals surface area contributed by atoms with Gasteiger partial charge in [0.05, 0.1) is 6.04 Å². The van der Waals surface area contributed by atoms with E-state index in [0.29, 0.717) is 0 Å². The van der Waals surface area contributed by atoms with Crippen molar-refractivity contribution in [1.29, 1.82) is 0 Å². The Morgan fingerprint density at radius 2 is 2.42 bits per heavy atom. The number of allylic oxidation sites excluding steroid dienone is 2. The first-order valence-electron chi connectivity index (χ1n) is 3.69. The second-order valence-electron chi connectivity index (χ2n) is 2.52. The summed E-state index contributed by atoms with van der Waals surface area (Å²) in [6, 6.07) is 0.00565. The van der Waals surface area contributed by atoms with Crippen LogP contribution >= 0.6 is 0 Å². The molecule has 1 N–H and O–H groups in total. The molecule has 0 spiro atoms. The highest BCUT2D eigenvalue weighted by atomic mass is 16.4. The topological polar surface area (TPSA) is 40.5 Å². The molecule has 0 aromatic rings. The first-order valence-corrected chi connectivity index (χ1v) is 3.69. The predicted octanol–water partition coefficient (Wildman–Crippen LogP) is 1.01. The minimum atomic E-state index is -0.832. The fourth-order valence-corrected chi connectivity index (χ4v) is 1.08. The Labute approximate surface area is 71.3 Å². The van der Waals surface area contributed by atoms with Crippen LogP contribution in [0.5, 0.6) is 0 Å². The third-order valence-electron chi connectivity index (χ3n) is 1.64. The second kappa shape index (κ2) is 3.76. The summed E-state index contributed by atoms with van der Waals surface area (Å²) in [4.78, 5) is 12.1. The van der Waals surface area contributed by atoms with Gasteiger partial charge in [-0.15, -0.1) is 6.58 Å². The number of carbonyl (C=O) groups is 1. The lowest BCUT2D eigenvalue weighted by molar-refractivity contribution is -0.137. The molecule has 1 unspecified atom stereocenters. The summed E-state index contributed by atoms with van der Waals surface area (Å²) in [6.07, 6.45) is 9.05. The van der Waals surface area contributed by atoms with Crippen molar-refractivity contribution in [3.8, 4) is 0 Å². The van der Waals surface area contributed by atoms with Gasteiger partial charge in [0, 0.05) is 6.20 Å². The molecule has 1 heterocycles. The maximum atomic E-state index is 10.4. The molecule has 0 bridgehead atoms. The first kappa shape index (κ1) is 8.59. The Balaban J connectivity index is 2.62. The molecule has 12 heavy (non-hydrogen) atoms. The molecule has 0 fully saturated rings. The monoisotopic (exact) mass is 165 g/mol. The highest BCUT2D eigenvalue weighted by molar-refractivity contribution is 5.69. The van der Waals surface area contributed by atoms with E-state index >= 15 is 0 Å². The summed E-state index contributed by atoms with van der Waals surface area (Å²) in [6.45, 7) is 3.63. The largest absolute Gasteiger partial charge is 0.480 e. The molecule has 1 atom stereocenters. The maximum absolute atomic E-state index is 10.4. The quantitative estimate of drug-likeness (QED) is 0.634. The number of aliphatic carboxylic acids is 1. The zero-order valence-corrected chi connectivity index (χ0v) is 6.68. The van der Waals surface area contributed by atoms with Gasteiger partial charge in [0.25, 0.3) is 0 Å². The molecule has 0 aromatic carbocycles. The molecule has 0 radical (unpaired) electrons. The van der Waals surface area contributed by atoms with Crippen molar-refractivity contribution in [3.05, 3.63) is 37.1 Å². The van der Waals surface area contributed by atoms with Crippen LogP contribution in [0.4, 0.5) is 0 Å². The van der Waals surface area contributed by atoms with Gasteiger partial charge in [0.1, 0.15) is 6.54 Å². The van der Waals surface area contributed by atoms with Crippen LogP contribution in [-0.2, 0) is 4.79 Å². The smallest absolute Gasteiger partial charge is 0.323 e. The molecule has 1 aliphatic heterocycles. The maximum Gasteiger partial charge on any atom is 0.323 e. The van der Waals surface area contributed by atoms with E-state index < -0.39 is 5.97 Å². The van der Waals surface area contributed by atoms with E-state index in [9.17, 15) is 4.79 Å². The minimum absolute atomic E-state index is 0.00565. The van der Waals surface area contributed by atoms with Crippen molar-refractivity contribution in [3.63, 3.8) is 0 Å². The van der Waals surface area contributed by atoms with Crippen LogP contribution in [0.3, 0.4) is 0 Å². The minimum Gasteiger partial charge on any atom is -0.480 e. The van der Waals surface area contributed by atoms with Gasteiger partial charge in [-0.3, -0.25) is 4.79 Å². The molecule has 3 nitrogen and oxygen atoms in total. The molecule has 0 saturated carbocycles. The average molecular weight is 165 g/mol. The molecule has 0 amide bonds. The van der Waals surface area contributed by atoms with Crippen LogP contribution < -0.4 is 0 Å². The fourth-order valence-electron chi connectivity index (χ4n) is 1.08. The van der Waals surface area contributed by atoms with Gasteiger partial charge < -0.3 is 10.0 Å². The average Bonchev–Trinajstić information content (AvgIpc) is 2.04. The van der Waals surface area contributed by atoms with Crippen LogP contribution in [0.15, 0.2) is 37.1 Å². The van der Waals surface area contributed by atoms with Crippen molar-refractivity contribution in [2.24, 2.45) is 0 Å². The van der Waals surface area contributed by atoms with Gasteiger partial charge >= 0.3 is 5.97 Å². The number of rotatable bonds is 3. The standard InChI is InChI=1S/C9H11NO2/c1-2-8-5-3-4-6-10(8)7-9(11)12/h2-6,8H,1,7H2,(H,11,12). The van der Waals surface area contributed by atoms with Crippen molar-refractivity contribution in [2.75, 3.05) is 6.54 Å². The highest BCUT2D eigenvalue weighted by Crippen LogP contribution is 2.08. The van der Waals surface area contributed by atoms with Crippen molar-refractivity contribution in [2.45, 2.75) is 6.04 Å². The Kier molecular flexibility index (Phi) is 2.69. The zero-order valence-electron chi connectivity index (χ0n) is 6.68. The van der Waals surface area contributed by atoms with E-state index in [1.807, 2.05) is 18.2 Å². The van der Waals surface area contributed by atoms with E-state index in [4.69, 9.17) is 5.11 Å². The molecule has 0 aliphatic carbocycles. The highest BCUT2D eigenvalue weighted by Gasteiger charge is 2.13. The van der Waals surface area contributed by atoms with Gasteiger partial charge in [0.15, 0.2) is 0 Å². The normalized spacial score (nSPS) is 21.0. The Bertz CT molecular complexity index is 243. The molecule has 0 aromatic heterocycles. The Hall–Kier alpha value is -1.51. The van der Waals surface area contributed by atoms with E-state index in [2.05, 4.69) is 6.58 Å². The van der Waals surface area contributed by atoms with Gasteiger partial charge in [-0.1, -0.05) is 18.2 Å². The summed E-state index contributed by atoms with van der Waals surface area (Å²) in [5.41, 5.74) is 0. The summed E-state index contributed by atoms with van der Waals surface area (Å²) >= 11 is 0. The molecule has 1 aliphatic rings. The molecule has 3 heteroatoms. The lowest BCUT2D eigenvalue weighted by atomic mass is 10.2. The van der Waals surface area contributed by atoms with E-state index in [1.165, 1.54) is 0 Å². The summed E-state index contributed by atoms with van der Waals surface area (Å²) in [7, 11) is 0. The predicted molar refractivity (Wildman–Crippen MR) is 46.6 cm³/mol. The zero-order chi connectivity index (χ0) is 8.97. The summed E-state index contributed by atoms with van der Waals surface area (Å²) in [5, 5.41) is 8.55.